The van der Waals surface area contributed by atoms with Gasteiger partial charge in [-0.15, -0.1) is 0 Å². The Morgan fingerprint density at radius 2 is 1.88 bits per heavy atom. The number of aliphatic hydroxyl groups excluding tert-OH is 2. The minimum absolute atomic E-state index is 0.176. The molecule has 1 aromatic carbocycles. The van der Waals surface area contributed by atoms with E-state index in [0.717, 1.165) is 0 Å². The highest BCUT2D eigenvalue weighted by Crippen LogP contribution is 2.31. The Labute approximate surface area is 193 Å². The molecule has 1 aliphatic rings. The number of aliphatic hydroxyl groups is 2. The van der Waals surface area contributed by atoms with Gasteiger partial charge in [-0.3, -0.25) is 10.1 Å². The smallest absolute Gasteiger partial charge is 0.401 e. The molecule has 0 spiro atoms. The second-order valence-electron chi connectivity index (χ2n) is 7.53. The highest BCUT2D eigenvalue weighted by Gasteiger charge is 2.20. The van der Waals surface area contributed by atoms with Crippen molar-refractivity contribution in [3.8, 4) is 0 Å². The quantitative estimate of drug-likeness (QED) is 0.351. The lowest BCUT2D eigenvalue weighted by atomic mass is 10.1. The third-order valence-corrected chi connectivity index (χ3v) is 5.34. The lowest BCUT2D eigenvalue weighted by molar-refractivity contribution is -0.402. The van der Waals surface area contributed by atoms with Gasteiger partial charge >= 0.3 is 5.88 Å². The van der Waals surface area contributed by atoms with Crippen LogP contribution in [0.5, 0.6) is 0 Å². The molecule has 11 nitrogen and oxygen atoms in total. The number of rotatable bonds is 9. The van der Waals surface area contributed by atoms with Gasteiger partial charge in [0.1, 0.15) is 22.3 Å². The topological polar surface area (TPSA) is 138 Å². The third-order valence-electron chi connectivity index (χ3n) is 5.34. The maximum absolute atomic E-state index is 15.1. The number of hydrogen-bond donors (Lipinski definition) is 2. The summed E-state index contributed by atoms with van der Waals surface area (Å²) in [7, 11) is 0. The van der Waals surface area contributed by atoms with E-state index >= 15 is 4.39 Å². The van der Waals surface area contributed by atoms with Crippen LogP contribution in [0.25, 0.3) is 23.1 Å². The fraction of sp³-hybridized carbons (Fsp3) is 0.364. The summed E-state index contributed by atoms with van der Waals surface area (Å²) in [6, 6.07) is 5.68. The van der Waals surface area contributed by atoms with Gasteiger partial charge in [-0.1, -0.05) is 0 Å². The first-order chi connectivity index (χ1) is 16.5. The number of aromatic nitrogens is 2. The van der Waals surface area contributed by atoms with Crippen LogP contribution in [0.4, 0.5) is 21.8 Å². The molecule has 3 aromatic rings. The van der Waals surface area contributed by atoms with E-state index in [1.807, 2.05) is 4.90 Å². The highest BCUT2D eigenvalue weighted by atomic mass is 19.1. The molecule has 0 atom stereocenters. The van der Waals surface area contributed by atoms with Gasteiger partial charge in [0.05, 0.1) is 43.7 Å². The van der Waals surface area contributed by atoms with Crippen LogP contribution in [-0.4, -0.2) is 77.7 Å². The van der Waals surface area contributed by atoms with Crippen LogP contribution in [0.15, 0.2) is 28.7 Å². The molecule has 2 aromatic heterocycles. The van der Waals surface area contributed by atoms with Crippen LogP contribution in [-0.2, 0) is 4.74 Å². The molecule has 1 saturated heterocycles. The SMILES string of the molecule is O=[N+]([O-])c1ccc(C=Cc2nc(N(CCO)CCO)c3cc(N4CCOCC4)c(F)cc3n2)o1. The van der Waals surface area contributed by atoms with Crippen molar-refractivity contribution in [3.63, 3.8) is 0 Å². The number of ether oxygens (including phenoxy) is 1. The lowest BCUT2D eigenvalue weighted by Gasteiger charge is -2.30. The standard InChI is InChI=1S/C22H24FN5O6/c23-17-14-18-16(13-19(17)26-7-11-33-12-8-26)22(27(5-9-29)6-10-30)25-20(24-18)3-1-15-2-4-21(34-15)28(31)32/h1-4,13-14,29-30H,5-12H2. The van der Waals surface area contributed by atoms with Gasteiger partial charge in [-0.25, -0.2) is 14.4 Å². The van der Waals surface area contributed by atoms with Crippen molar-refractivity contribution in [1.29, 1.82) is 0 Å². The summed E-state index contributed by atoms with van der Waals surface area (Å²) in [4.78, 5) is 22.8. The molecule has 2 N–H and O–H groups in total. The van der Waals surface area contributed by atoms with Crippen molar-refractivity contribution in [2.45, 2.75) is 0 Å². The summed E-state index contributed by atoms with van der Waals surface area (Å²) in [5.41, 5.74) is 0.741. The van der Waals surface area contributed by atoms with Gasteiger partial charge in [0.25, 0.3) is 0 Å². The Hall–Kier alpha value is -3.61. The number of morpholine rings is 1. The maximum atomic E-state index is 15.1. The molecule has 12 heteroatoms. The van der Waals surface area contributed by atoms with Crippen LogP contribution in [0.3, 0.4) is 0 Å². The van der Waals surface area contributed by atoms with E-state index < -0.39 is 16.6 Å². The third kappa shape index (κ3) is 5.14. The average Bonchev–Trinajstić information content (AvgIpc) is 3.32. The van der Waals surface area contributed by atoms with Gasteiger partial charge in [-0.2, -0.15) is 0 Å². The molecule has 0 bridgehead atoms. The zero-order valence-electron chi connectivity index (χ0n) is 18.3. The number of fused-ring (bicyclic) bond motifs is 1. The first-order valence-corrected chi connectivity index (χ1v) is 10.7. The molecule has 0 saturated carbocycles. The summed E-state index contributed by atoms with van der Waals surface area (Å²) in [6.45, 7) is 2.13. The first-order valence-electron chi connectivity index (χ1n) is 10.7. The van der Waals surface area contributed by atoms with Crippen LogP contribution in [0, 0.1) is 15.9 Å². The van der Waals surface area contributed by atoms with Gasteiger partial charge in [0.15, 0.2) is 5.82 Å². The zero-order chi connectivity index (χ0) is 24.1. The minimum Gasteiger partial charge on any atom is -0.401 e. The molecular weight excluding hydrogens is 449 g/mol. The van der Waals surface area contributed by atoms with Crippen molar-refractivity contribution >= 4 is 40.4 Å². The number of furan rings is 1. The number of hydrogen-bond acceptors (Lipinski definition) is 10. The second-order valence-corrected chi connectivity index (χ2v) is 7.53. The predicted molar refractivity (Wildman–Crippen MR) is 123 cm³/mol. The maximum Gasteiger partial charge on any atom is 0.433 e. The summed E-state index contributed by atoms with van der Waals surface area (Å²) < 4.78 is 25.5. The van der Waals surface area contributed by atoms with Gasteiger partial charge in [-0.05, 0) is 24.3 Å². The van der Waals surface area contributed by atoms with Crippen LogP contribution < -0.4 is 9.80 Å². The fourth-order valence-corrected chi connectivity index (χ4v) is 3.75. The molecule has 3 heterocycles. The molecule has 180 valence electrons. The number of nitrogens with zero attached hydrogens (tertiary/aromatic N) is 5. The number of anilines is 2. The number of nitro groups is 1. The Bertz CT molecular complexity index is 1190. The average molecular weight is 473 g/mol. The summed E-state index contributed by atoms with van der Waals surface area (Å²) in [6.07, 6.45) is 2.97. The molecular formula is C22H24FN5O6. The van der Waals surface area contributed by atoms with Crippen molar-refractivity contribution in [2.24, 2.45) is 0 Å². The predicted octanol–water partition coefficient (Wildman–Crippen LogP) is 2.07. The Morgan fingerprint density at radius 3 is 2.53 bits per heavy atom. The summed E-state index contributed by atoms with van der Waals surface area (Å²) >= 11 is 0. The van der Waals surface area contributed by atoms with E-state index in [0.29, 0.717) is 48.7 Å². The van der Waals surface area contributed by atoms with E-state index in [1.54, 1.807) is 11.0 Å². The van der Waals surface area contributed by atoms with E-state index in [1.165, 1.54) is 30.4 Å². The first kappa shape index (κ1) is 23.5. The molecule has 34 heavy (non-hydrogen) atoms. The van der Waals surface area contributed by atoms with E-state index in [-0.39, 0.29) is 37.9 Å². The van der Waals surface area contributed by atoms with Gasteiger partial charge in [0, 0.05) is 37.6 Å². The van der Waals surface area contributed by atoms with E-state index in [9.17, 15) is 20.3 Å². The van der Waals surface area contributed by atoms with Gasteiger partial charge < -0.3 is 29.2 Å². The van der Waals surface area contributed by atoms with E-state index in [2.05, 4.69) is 9.97 Å². The number of halogens is 1. The molecule has 0 radical (unpaired) electrons. The highest BCUT2D eigenvalue weighted by molar-refractivity contribution is 5.93. The Morgan fingerprint density at radius 1 is 1.15 bits per heavy atom. The summed E-state index contributed by atoms with van der Waals surface area (Å²) in [5, 5.41) is 30.5. The minimum atomic E-state index is -0.640. The largest absolute Gasteiger partial charge is 0.433 e. The van der Waals surface area contributed by atoms with Crippen molar-refractivity contribution < 1.29 is 28.7 Å². The van der Waals surface area contributed by atoms with Gasteiger partial charge in [0.2, 0.25) is 0 Å². The lowest BCUT2D eigenvalue weighted by Crippen LogP contribution is -2.36. The van der Waals surface area contributed by atoms with Crippen molar-refractivity contribution in [2.75, 3.05) is 62.4 Å². The second kappa shape index (κ2) is 10.5. The molecule has 0 aliphatic carbocycles. The molecule has 1 aliphatic heterocycles. The molecule has 0 amide bonds. The fourth-order valence-electron chi connectivity index (χ4n) is 3.75. The van der Waals surface area contributed by atoms with Crippen LogP contribution >= 0.6 is 0 Å². The molecule has 4 rings (SSSR count). The Balaban J connectivity index is 1.79. The zero-order valence-corrected chi connectivity index (χ0v) is 18.3. The monoisotopic (exact) mass is 473 g/mol. The van der Waals surface area contributed by atoms with Crippen LogP contribution in [0.2, 0.25) is 0 Å². The van der Waals surface area contributed by atoms with Crippen molar-refractivity contribution in [3.05, 3.63) is 51.8 Å². The van der Waals surface area contributed by atoms with Crippen molar-refractivity contribution in [1.82, 2.24) is 9.97 Å². The number of benzene rings is 1. The van der Waals surface area contributed by atoms with E-state index in [4.69, 9.17) is 9.15 Å². The van der Waals surface area contributed by atoms with Crippen LogP contribution in [0.1, 0.15) is 11.6 Å². The molecule has 1 fully saturated rings. The molecule has 0 unspecified atom stereocenters. The normalized spacial score (nSPS) is 14.3. The Kier molecular flexibility index (Phi) is 7.30. The summed E-state index contributed by atoms with van der Waals surface area (Å²) in [5.74, 6) is 0.0306.